The Labute approximate surface area is 152 Å². The van der Waals surface area contributed by atoms with Crippen LogP contribution >= 0.6 is 11.8 Å². The highest BCUT2D eigenvalue weighted by molar-refractivity contribution is 7.98. The van der Waals surface area contributed by atoms with Crippen molar-refractivity contribution in [3.8, 4) is 0 Å². The zero-order chi connectivity index (χ0) is 18.0. The lowest BCUT2D eigenvalue weighted by Crippen LogP contribution is -2.31. The largest absolute Gasteiger partial charge is 0.444 e. The molecule has 0 fully saturated rings. The number of nitrogens with zero attached hydrogens (tertiary/aromatic N) is 2. The lowest BCUT2D eigenvalue weighted by atomic mass is 10.1. The number of aryl methyl sites for hydroxylation is 1. The highest BCUT2D eigenvalue weighted by Crippen LogP contribution is 2.26. The first-order valence-corrected chi connectivity index (χ1v) is 9.44. The molecule has 25 heavy (non-hydrogen) atoms. The number of carbonyl (C=O) groups excluding carboxylic acids is 2. The minimum atomic E-state index is -0.178. The van der Waals surface area contributed by atoms with Crippen molar-refractivity contribution in [2.45, 2.75) is 19.1 Å². The third kappa shape index (κ3) is 3.58. The molecule has 6 heteroatoms. The molecule has 2 amide bonds. The van der Waals surface area contributed by atoms with Crippen LogP contribution in [-0.2, 0) is 5.75 Å². The molecule has 0 radical (unpaired) electrons. The third-order valence-electron chi connectivity index (χ3n) is 4.23. The van der Waals surface area contributed by atoms with Gasteiger partial charge in [-0.1, -0.05) is 12.1 Å². The number of benzene rings is 1. The molecule has 2 aromatic rings. The zero-order valence-electron chi connectivity index (χ0n) is 14.7. The van der Waals surface area contributed by atoms with Crippen molar-refractivity contribution in [3.63, 3.8) is 0 Å². The quantitative estimate of drug-likeness (QED) is 0.559. The van der Waals surface area contributed by atoms with E-state index in [4.69, 9.17) is 4.42 Å². The second-order valence-electron chi connectivity index (χ2n) is 6.30. The number of hydrogen-bond acceptors (Lipinski definition) is 5. The van der Waals surface area contributed by atoms with Gasteiger partial charge in [-0.25, -0.2) is 0 Å². The first kappa shape index (κ1) is 17.6. The van der Waals surface area contributed by atoms with E-state index in [0.29, 0.717) is 17.7 Å². The van der Waals surface area contributed by atoms with Crippen LogP contribution in [0, 0.1) is 6.92 Å². The summed E-state index contributed by atoms with van der Waals surface area (Å²) < 4.78 is 5.82. The van der Waals surface area contributed by atoms with Gasteiger partial charge in [-0.05, 0) is 36.8 Å². The fourth-order valence-electron chi connectivity index (χ4n) is 2.80. The van der Waals surface area contributed by atoms with Crippen LogP contribution in [0.25, 0.3) is 0 Å². The summed E-state index contributed by atoms with van der Waals surface area (Å²) in [6.45, 7) is 2.50. The van der Waals surface area contributed by atoms with Crippen LogP contribution in [0.2, 0.25) is 0 Å². The van der Waals surface area contributed by atoms with Crippen LogP contribution in [0.3, 0.4) is 0 Å². The van der Waals surface area contributed by atoms with Crippen LogP contribution in [0.5, 0.6) is 0 Å². The van der Waals surface area contributed by atoms with Gasteiger partial charge in [0.05, 0.1) is 16.9 Å². The Balaban J connectivity index is 1.47. The van der Waals surface area contributed by atoms with Gasteiger partial charge in [0, 0.05) is 26.7 Å². The van der Waals surface area contributed by atoms with E-state index < -0.39 is 0 Å². The summed E-state index contributed by atoms with van der Waals surface area (Å²) in [5.74, 6) is 3.15. The van der Waals surface area contributed by atoms with Gasteiger partial charge in [0.1, 0.15) is 5.76 Å². The van der Waals surface area contributed by atoms with Crippen molar-refractivity contribution in [3.05, 3.63) is 52.8 Å². The van der Waals surface area contributed by atoms with Gasteiger partial charge >= 0.3 is 0 Å². The summed E-state index contributed by atoms with van der Waals surface area (Å²) in [7, 11) is 3.91. The first-order chi connectivity index (χ1) is 12.0. The van der Waals surface area contributed by atoms with E-state index >= 15 is 0 Å². The van der Waals surface area contributed by atoms with Crippen LogP contribution in [-0.4, -0.2) is 43.1 Å². The number of furan rings is 1. The van der Waals surface area contributed by atoms with Crippen LogP contribution in [0.4, 0.5) is 5.88 Å². The molecule has 0 bridgehead atoms. The number of hydrogen-bond donors (Lipinski definition) is 0. The van der Waals surface area contributed by atoms with E-state index in [9.17, 15) is 9.59 Å². The molecule has 2 heterocycles. The summed E-state index contributed by atoms with van der Waals surface area (Å²) in [6.07, 6.45) is 0.774. The molecule has 1 aliphatic rings. The number of rotatable bonds is 7. The summed E-state index contributed by atoms with van der Waals surface area (Å²) in [5, 5.41) is 0. The molecule has 1 aromatic carbocycles. The lowest BCUT2D eigenvalue weighted by Gasteiger charge is -2.13. The summed E-state index contributed by atoms with van der Waals surface area (Å²) in [4.78, 5) is 27.9. The summed E-state index contributed by atoms with van der Waals surface area (Å²) in [6, 6.07) is 9.04. The van der Waals surface area contributed by atoms with E-state index in [1.807, 2.05) is 32.0 Å². The molecule has 0 spiro atoms. The third-order valence-corrected chi connectivity index (χ3v) is 5.27. The van der Waals surface area contributed by atoms with Gasteiger partial charge < -0.3 is 9.32 Å². The normalized spacial score (nSPS) is 13.5. The monoisotopic (exact) mass is 358 g/mol. The molecule has 0 saturated carbocycles. The number of thioether (sulfide) groups is 1. The van der Waals surface area contributed by atoms with E-state index in [1.165, 1.54) is 4.90 Å². The zero-order valence-corrected chi connectivity index (χ0v) is 15.6. The Bertz CT molecular complexity index is 763. The maximum Gasteiger partial charge on any atom is 0.261 e. The Morgan fingerprint density at radius 2 is 1.76 bits per heavy atom. The Morgan fingerprint density at radius 1 is 1.12 bits per heavy atom. The molecule has 1 aliphatic heterocycles. The topological polar surface area (TPSA) is 53.8 Å². The molecule has 0 saturated heterocycles. The predicted octanol–water partition coefficient (Wildman–Crippen LogP) is 3.57. The van der Waals surface area contributed by atoms with Gasteiger partial charge in [-0.2, -0.15) is 11.8 Å². The highest BCUT2D eigenvalue weighted by Gasteiger charge is 2.34. The van der Waals surface area contributed by atoms with Crippen molar-refractivity contribution in [2.24, 2.45) is 0 Å². The Morgan fingerprint density at radius 3 is 2.32 bits per heavy atom. The van der Waals surface area contributed by atoms with Crippen molar-refractivity contribution in [1.82, 2.24) is 4.90 Å². The molecular formula is C19H22N2O3S. The fraction of sp³-hybridized carbons (Fsp3) is 0.368. The minimum absolute atomic E-state index is 0.178. The predicted molar refractivity (Wildman–Crippen MR) is 100 cm³/mol. The van der Waals surface area contributed by atoms with Gasteiger partial charge in [-0.3, -0.25) is 14.5 Å². The van der Waals surface area contributed by atoms with Crippen LogP contribution in [0.15, 0.2) is 34.7 Å². The van der Waals surface area contributed by atoms with E-state index in [0.717, 1.165) is 35.1 Å². The van der Waals surface area contributed by atoms with Crippen molar-refractivity contribution < 1.29 is 14.0 Å². The summed E-state index contributed by atoms with van der Waals surface area (Å²) >= 11 is 1.75. The highest BCUT2D eigenvalue weighted by atomic mass is 32.2. The summed E-state index contributed by atoms with van der Waals surface area (Å²) in [5.41, 5.74) is 2.18. The maximum atomic E-state index is 12.3. The molecule has 0 aliphatic carbocycles. The van der Waals surface area contributed by atoms with Gasteiger partial charge in [0.25, 0.3) is 11.8 Å². The molecule has 132 valence electrons. The molecule has 3 rings (SSSR count). The second-order valence-corrected chi connectivity index (χ2v) is 7.40. The fourth-order valence-corrected chi connectivity index (χ4v) is 3.75. The molecule has 5 nitrogen and oxygen atoms in total. The van der Waals surface area contributed by atoms with Crippen molar-refractivity contribution >= 4 is 29.5 Å². The number of fused-ring (bicyclic) bond motifs is 1. The van der Waals surface area contributed by atoms with Crippen molar-refractivity contribution in [1.29, 1.82) is 0 Å². The Hall–Kier alpha value is -2.21. The molecular weight excluding hydrogens is 336 g/mol. The maximum absolute atomic E-state index is 12.3. The number of imide groups is 1. The van der Waals surface area contributed by atoms with Crippen LogP contribution < -0.4 is 4.90 Å². The lowest BCUT2D eigenvalue weighted by molar-refractivity contribution is 0.0655. The molecule has 0 unspecified atom stereocenters. The molecule has 0 N–H and O–H groups in total. The molecule has 0 atom stereocenters. The van der Waals surface area contributed by atoms with Crippen LogP contribution in [0.1, 0.15) is 38.5 Å². The van der Waals surface area contributed by atoms with Gasteiger partial charge in [-0.15, -0.1) is 0 Å². The van der Waals surface area contributed by atoms with Gasteiger partial charge in [0.15, 0.2) is 5.88 Å². The number of amides is 2. The van der Waals surface area contributed by atoms with E-state index in [2.05, 4.69) is 0 Å². The number of carbonyl (C=O) groups is 2. The standard InChI is InChI=1S/C19H22N2O3S/c1-13-11-17(20(2)3)24-16(13)12-25-10-6-9-21-18(22)14-7-4-5-8-15(14)19(21)23/h4-5,7-8,11H,6,9-10,12H2,1-3H3. The smallest absolute Gasteiger partial charge is 0.261 e. The number of anilines is 1. The first-order valence-electron chi connectivity index (χ1n) is 8.28. The van der Waals surface area contributed by atoms with E-state index in [-0.39, 0.29) is 11.8 Å². The van der Waals surface area contributed by atoms with Gasteiger partial charge in [0.2, 0.25) is 0 Å². The minimum Gasteiger partial charge on any atom is -0.444 e. The second kappa shape index (κ2) is 7.35. The SMILES string of the molecule is Cc1cc(N(C)C)oc1CSCCCN1C(=O)c2ccccc2C1=O. The average Bonchev–Trinajstić information content (AvgIpc) is 3.08. The van der Waals surface area contributed by atoms with E-state index in [1.54, 1.807) is 36.0 Å². The molecule has 1 aromatic heterocycles. The average molecular weight is 358 g/mol. The van der Waals surface area contributed by atoms with Crippen molar-refractivity contribution in [2.75, 3.05) is 31.3 Å². The Kier molecular flexibility index (Phi) is 5.18.